The smallest absolute Gasteiger partial charge is 0.251 e. The minimum atomic E-state index is -0.0547. The topological polar surface area (TPSA) is 67.0 Å². The Kier molecular flexibility index (Phi) is 7.02. The average Bonchev–Trinajstić information content (AvgIpc) is 3.04. The Balaban J connectivity index is 1.64. The molecule has 7 nitrogen and oxygen atoms in total. The van der Waals surface area contributed by atoms with Gasteiger partial charge in [0, 0.05) is 43.5 Å². The quantitative estimate of drug-likeness (QED) is 0.764. The van der Waals surface area contributed by atoms with Gasteiger partial charge in [0.2, 0.25) is 0 Å². The van der Waals surface area contributed by atoms with Crippen molar-refractivity contribution in [2.45, 2.75) is 38.1 Å². The molecule has 168 valence electrons. The number of nitrogens with zero attached hydrogens (tertiary/aromatic N) is 2. The number of ether oxygens (including phenoxy) is 3. The predicted octanol–water partition coefficient (Wildman–Crippen LogP) is 3.22. The highest BCUT2D eigenvalue weighted by Crippen LogP contribution is 2.31. The summed E-state index contributed by atoms with van der Waals surface area (Å²) in [5.74, 6) is 2.61. The number of anilines is 2. The van der Waals surface area contributed by atoms with Crippen molar-refractivity contribution in [3.05, 3.63) is 46.2 Å². The van der Waals surface area contributed by atoms with Gasteiger partial charge in [-0.05, 0) is 43.0 Å². The number of benzene rings is 1. The van der Waals surface area contributed by atoms with Crippen molar-refractivity contribution < 1.29 is 14.2 Å². The first-order valence-electron chi connectivity index (χ1n) is 11.2. The van der Waals surface area contributed by atoms with Crippen LogP contribution in [-0.2, 0) is 11.2 Å². The Labute approximate surface area is 183 Å². The van der Waals surface area contributed by atoms with E-state index in [0.29, 0.717) is 13.2 Å². The monoisotopic (exact) mass is 427 g/mol. The van der Waals surface area contributed by atoms with Crippen LogP contribution in [0, 0.1) is 0 Å². The Morgan fingerprint density at radius 1 is 1.03 bits per heavy atom. The van der Waals surface area contributed by atoms with E-state index in [1.165, 1.54) is 12.8 Å². The number of pyridine rings is 1. The largest absolute Gasteiger partial charge is 0.497 e. The van der Waals surface area contributed by atoms with Crippen LogP contribution in [0.25, 0.3) is 0 Å². The van der Waals surface area contributed by atoms with E-state index in [4.69, 9.17) is 14.2 Å². The molecule has 2 fully saturated rings. The van der Waals surface area contributed by atoms with Crippen LogP contribution >= 0.6 is 0 Å². The third-order valence-electron chi connectivity index (χ3n) is 6.32. The van der Waals surface area contributed by atoms with Crippen LogP contribution in [-0.4, -0.2) is 58.1 Å². The molecule has 2 aliphatic heterocycles. The van der Waals surface area contributed by atoms with Crippen LogP contribution < -0.4 is 24.8 Å². The van der Waals surface area contributed by atoms with E-state index in [9.17, 15) is 4.79 Å². The number of hydrogen-bond donors (Lipinski definition) is 1. The molecule has 31 heavy (non-hydrogen) atoms. The molecule has 0 bridgehead atoms. The van der Waals surface area contributed by atoms with E-state index in [2.05, 4.69) is 26.9 Å². The molecule has 1 unspecified atom stereocenters. The summed E-state index contributed by atoms with van der Waals surface area (Å²) in [6.07, 6.45) is 5.42. The molecule has 1 aromatic carbocycles. The summed E-state index contributed by atoms with van der Waals surface area (Å²) in [7, 11) is 3.39. The van der Waals surface area contributed by atoms with Gasteiger partial charge in [-0.2, -0.15) is 0 Å². The first-order valence-corrected chi connectivity index (χ1v) is 11.2. The lowest BCUT2D eigenvalue weighted by Crippen LogP contribution is -2.39. The molecule has 2 aliphatic rings. The summed E-state index contributed by atoms with van der Waals surface area (Å²) in [5.41, 5.74) is 2.05. The number of aromatic amines is 1. The van der Waals surface area contributed by atoms with Gasteiger partial charge in [0.15, 0.2) is 0 Å². The molecule has 2 aromatic rings. The van der Waals surface area contributed by atoms with Crippen LogP contribution in [0.1, 0.15) is 31.2 Å². The van der Waals surface area contributed by atoms with Crippen LogP contribution in [0.2, 0.25) is 0 Å². The normalized spacial score (nSPS) is 19.7. The van der Waals surface area contributed by atoms with Crippen LogP contribution in [0.5, 0.6) is 11.5 Å². The zero-order valence-corrected chi connectivity index (χ0v) is 18.6. The molecule has 0 saturated carbocycles. The molecule has 7 heteroatoms. The number of nitrogens with one attached hydrogen (secondary N) is 1. The summed E-state index contributed by atoms with van der Waals surface area (Å²) in [6, 6.07) is 10.1. The molecule has 1 N–H and O–H groups in total. The maximum Gasteiger partial charge on any atom is 0.251 e. The SMILES string of the molecule is COc1ccc(OC)c(CC2CCCCCN2c2cc(N3CCOCC3)cc(=O)[nH]2)c1. The first-order chi connectivity index (χ1) is 15.2. The van der Waals surface area contributed by atoms with E-state index in [1.54, 1.807) is 20.3 Å². The van der Waals surface area contributed by atoms with Gasteiger partial charge in [0.05, 0.1) is 27.4 Å². The van der Waals surface area contributed by atoms with Crippen LogP contribution in [0.4, 0.5) is 11.5 Å². The summed E-state index contributed by atoms with van der Waals surface area (Å²) < 4.78 is 16.6. The third-order valence-corrected chi connectivity index (χ3v) is 6.32. The highest BCUT2D eigenvalue weighted by molar-refractivity contribution is 5.56. The molecule has 4 rings (SSSR count). The van der Waals surface area contributed by atoms with Gasteiger partial charge in [0.1, 0.15) is 17.3 Å². The lowest BCUT2D eigenvalue weighted by molar-refractivity contribution is 0.122. The molecule has 0 aliphatic carbocycles. The Morgan fingerprint density at radius 2 is 1.87 bits per heavy atom. The zero-order valence-electron chi connectivity index (χ0n) is 18.6. The molecule has 0 amide bonds. The molecule has 1 aromatic heterocycles. The zero-order chi connectivity index (χ0) is 21.6. The Bertz CT molecular complexity index is 923. The molecular formula is C24H33N3O4. The fourth-order valence-electron chi connectivity index (χ4n) is 4.68. The number of H-pyrrole nitrogens is 1. The number of hydrogen-bond acceptors (Lipinski definition) is 6. The fraction of sp³-hybridized carbons (Fsp3) is 0.542. The molecule has 3 heterocycles. The maximum absolute atomic E-state index is 12.6. The van der Waals surface area contributed by atoms with E-state index < -0.39 is 0 Å². The highest BCUT2D eigenvalue weighted by atomic mass is 16.5. The second kappa shape index (κ2) is 10.1. The minimum absolute atomic E-state index is 0.0547. The molecule has 1 atom stereocenters. The minimum Gasteiger partial charge on any atom is -0.497 e. The van der Waals surface area contributed by atoms with Crippen molar-refractivity contribution in [2.75, 3.05) is 56.9 Å². The number of rotatable bonds is 6. The lowest BCUT2D eigenvalue weighted by atomic mass is 9.99. The number of aromatic nitrogens is 1. The van der Waals surface area contributed by atoms with E-state index in [1.807, 2.05) is 12.1 Å². The second-order valence-corrected chi connectivity index (χ2v) is 8.27. The molecule has 2 saturated heterocycles. The van der Waals surface area contributed by atoms with E-state index in [0.717, 1.165) is 67.5 Å². The van der Waals surface area contributed by atoms with E-state index >= 15 is 0 Å². The van der Waals surface area contributed by atoms with Crippen molar-refractivity contribution in [3.63, 3.8) is 0 Å². The molecule has 0 radical (unpaired) electrons. The average molecular weight is 428 g/mol. The van der Waals surface area contributed by atoms with Gasteiger partial charge in [-0.25, -0.2) is 0 Å². The first kappa shape index (κ1) is 21.6. The molecule has 0 spiro atoms. The number of morpholine rings is 1. The second-order valence-electron chi connectivity index (χ2n) is 8.27. The van der Waals surface area contributed by atoms with Crippen LogP contribution in [0.15, 0.2) is 35.1 Å². The highest BCUT2D eigenvalue weighted by Gasteiger charge is 2.25. The summed E-state index contributed by atoms with van der Waals surface area (Å²) >= 11 is 0. The Morgan fingerprint density at radius 3 is 2.65 bits per heavy atom. The van der Waals surface area contributed by atoms with Crippen molar-refractivity contribution in [1.82, 2.24) is 4.98 Å². The van der Waals surface area contributed by atoms with Crippen molar-refractivity contribution >= 4 is 11.5 Å². The molecular weight excluding hydrogens is 394 g/mol. The van der Waals surface area contributed by atoms with Crippen molar-refractivity contribution in [3.8, 4) is 11.5 Å². The van der Waals surface area contributed by atoms with Gasteiger partial charge in [0.25, 0.3) is 5.56 Å². The number of methoxy groups -OCH3 is 2. The summed E-state index contributed by atoms with van der Waals surface area (Å²) in [6.45, 7) is 3.95. The fourth-order valence-corrected chi connectivity index (χ4v) is 4.68. The van der Waals surface area contributed by atoms with Gasteiger partial charge in [-0.1, -0.05) is 12.8 Å². The van der Waals surface area contributed by atoms with Crippen molar-refractivity contribution in [2.24, 2.45) is 0 Å². The standard InChI is InChI=1S/C24H33N3O4/c1-29-21-7-8-22(30-2)18(15-21)14-19-6-4-3-5-9-27(19)23-16-20(17-24(28)25-23)26-10-12-31-13-11-26/h7-8,15-17,19H,3-6,9-14H2,1-2H3,(H,25,28). The van der Waals surface area contributed by atoms with Gasteiger partial charge >= 0.3 is 0 Å². The van der Waals surface area contributed by atoms with Crippen molar-refractivity contribution in [1.29, 1.82) is 0 Å². The predicted molar refractivity (Wildman–Crippen MR) is 123 cm³/mol. The van der Waals surface area contributed by atoms with Gasteiger partial charge in [-0.3, -0.25) is 4.79 Å². The third kappa shape index (κ3) is 5.15. The lowest BCUT2D eigenvalue weighted by Gasteiger charge is -2.34. The maximum atomic E-state index is 12.6. The van der Waals surface area contributed by atoms with Crippen LogP contribution in [0.3, 0.4) is 0 Å². The summed E-state index contributed by atoms with van der Waals surface area (Å²) in [5, 5.41) is 0. The van der Waals surface area contributed by atoms with E-state index in [-0.39, 0.29) is 11.6 Å². The Hall–Kier alpha value is -2.67. The van der Waals surface area contributed by atoms with Gasteiger partial charge < -0.3 is 29.0 Å². The summed E-state index contributed by atoms with van der Waals surface area (Å²) in [4.78, 5) is 20.3. The van der Waals surface area contributed by atoms with Gasteiger partial charge in [-0.15, -0.1) is 0 Å².